The summed E-state index contributed by atoms with van der Waals surface area (Å²) in [4.78, 5) is 43.8. The van der Waals surface area contributed by atoms with E-state index in [4.69, 9.17) is 4.74 Å². The van der Waals surface area contributed by atoms with Crippen molar-refractivity contribution in [3.8, 4) is 5.75 Å². The quantitative estimate of drug-likeness (QED) is 0.565. The number of nitrogens with one attached hydrogen (secondary N) is 2. The number of H-pyrrole nitrogens is 1. The first-order valence-electron chi connectivity index (χ1n) is 12.4. The third kappa shape index (κ3) is 4.26. The van der Waals surface area contributed by atoms with Crippen molar-refractivity contribution >= 4 is 34.5 Å². The Hall–Kier alpha value is -3.66. The number of hydrogen-bond donors (Lipinski definition) is 2. The Bertz CT molecular complexity index is 1290. The number of aromatic nitrogens is 3. The van der Waals surface area contributed by atoms with Crippen molar-refractivity contribution in [2.24, 2.45) is 0 Å². The van der Waals surface area contributed by atoms with Crippen molar-refractivity contribution in [3.63, 3.8) is 0 Å². The summed E-state index contributed by atoms with van der Waals surface area (Å²) in [5, 5.41) is 4.19. The normalized spacial score (nSPS) is 16.8. The average Bonchev–Trinajstić information content (AvgIpc) is 3.45. The molecule has 1 saturated heterocycles. The summed E-state index contributed by atoms with van der Waals surface area (Å²) in [6, 6.07) is 6.92. The number of piperidine rings is 1. The van der Waals surface area contributed by atoms with Gasteiger partial charge in [-0.1, -0.05) is 6.07 Å². The molecule has 2 aliphatic rings. The minimum Gasteiger partial charge on any atom is -0.410 e. The van der Waals surface area contributed by atoms with E-state index in [1.54, 1.807) is 44.7 Å². The first-order chi connectivity index (χ1) is 17.3. The van der Waals surface area contributed by atoms with Crippen molar-refractivity contribution in [2.45, 2.75) is 37.6 Å². The molecular weight excluding hydrogens is 458 g/mol. The number of fused-ring (bicyclic) bond motifs is 3. The maximum Gasteiger partial charge on any atom is 0.414 e. The minimum absolute atomic E-state index is 0.0707. The van der Waals surface area contributed by atoms with Crippen LogP contribution >= 0.6 is 0 Å². The van der Waals surface area contributed by atoms with Gasteiger partial charge in [0.05, 0.1) is 5.39 Å². The van der Waals surface area contributed by atoms with Gasteiger partial charge in [-0.05, 0) is 63.9 Å². The summed E-state index contributed by atoms with van der Waals surface area (Å²) < 4.78 is 5.34. The molecule has 1 aromatic carbocycles. The molecular formula is C26H33N7O3. The van der Waals surface area contributed by atoms with E-state index in [1.807, 2.05) is 19.0 Å². The van der Waals surface area contributed by atoms with E-state index in [0.29, 0.717) is 37.4 Å². The number of ether oxygens (including phenoxy) is 1. The van der Waals surface area contributed by atoms with Crippen LogP contribution in [0.25, 0.3) is 11.0 Å². The second-order valence-corrected chi connectivity index (χ2v) is 10.0. The van der Waals surface area contributed by atoms with Gasteiger partial charge in [-0.2, -0.15) is 0 Å². The molecule has 1 fully saturated rings. The smallest absolute Gasteiger partial charge is 0.410 e. The van der Waals surface area contributed by atoms with Gasteiger partial charge in [0, 0.05) is 44.6 Å². The summed E-state index contributed by atoms with van der Waals surface area (Å²) in [5.74, 6) is 1.27. The van der Waals surface area contributed by atoms with E-state index in [1.165, 1.54) is 16.2 Å². The lowest BCUT2D eigenvalue weighted by Crippen LogP contribution is -2.59. The SMILES string of the molecule is CN(C)C(=O)Oc1cccc(NC(=O)C2(N(C)C)CCN(c3ncnc4[nH]c5c(c34)CCC5)CC2)c1. The molecule has 36 heavy (non-hydrogen) atoms. The summed E-state index contributed by atoms with van der Waals surface area (Å²) in [6.45, 7) is 1.41. The Morgan fingerprint density at radius 3 is 2.61 bits per heavy atom. The van der Waals surface area contributed by atoms with Crippen LogP contribution in [-0.4, -0.2) is 83.6 Å². The number of nitrogens with zero attached hydrogens (tertiary/aromatic N) is 5. The fraction of sp³-hybridized carbons (Fsp3) is 0.462. The van der Waals surface area contributed by atoms with E-state index in [9.17, 15) is 9.59 Å². The van der Waals surface area contributed by atoms with Gasteiger partial charge in [-0.3, -0.25) is 9.69 Å². The highest BCUT2D eigenvalue weighted by Gasteiger charge is 2.44. The zero-order chi connectivity index (χ0) is 25.4. The number of carbonyl (C=O) groups excluding carboxylic acids is 2. The number of likely N-dealkylation sites (N-methyl/N-ethyl adjacent to an activating group) is 1. The van der Waals surface area contributed by atoms with Crippen LogP contribution in [0.4, 0.5) is 16.3 Å². The first kappa shape index (κ1) is 24.1. The third-order valence-corrected chi connectivity index (χ3v) is 7.45. The highest BCUT2D eigenvalue weighted by molar-refractivity contribution is 5.99. The van der Waals surface area contributed by atoms with Crippen molar-refractivity contribution in [1.82, 2.24) is 24.8 Å². The van der Waals surface area contributed by atoms with Gasteiger partial charge in [-0.15, -0.1) is 0 Å². The van der Waals surface area contributed by atoms with E-state index in [2.05, 4.69) is 25.2 Å². The van der Waals surface area contributed by atoms with Gasteiger partial charge in [0.2, 0.25) is 5.91 Å². The lowest BCUT2D eigenvalue weighted by molar-refractivity contribution is -0.127. The van der Waals surface area contributed by atoms with Gasteiger partial charge in [0.25, 0.3) is 0 Å². The van der Waals surface area contributed by atoms with Gasteiger partial charge >= 0.3 is 6.09 Å². The number of amides is 2. The number of aromatic amines is 1. The molecule has 3 heterocycles. The van der Waals surface area contributed by atoms with Crippen molar-refractivity contribution in [2.75, 3.05) is 51.5 Å². The van der Waals surface area contributed by atoms with Crippen LogP contribution in [0.5, 0.6) is 5.75 Å². The molecule has 3 aromatic rings. The highest BCUT2D eigenvalue weighted by atomic mass is 16.6. The largest absolute Gasteiger partial charge is 0.414 e. The van der Waals surface area contributed by atoms with E-state index in [0.717, 1.165) is 36.1 Å². The van der Waals surface area contributed by atoms with Crippen molar-refractivity contribution in [1.29, 1.82) is 0 Å². The maximum atomic E-state index is 13.6. The number of carbonyl (C=O) groups is 2. The Labute approximate surface area is 210 Å². The van der Waals surface area contributed by atoms with Crippen LogP contribution in [0.15, 0.2) is 30.6 Å². The van der Waals surface area contributed by atoms with Gasteiger partial charge in [0.1, 0.15) is 29.1 Å². The summed E-state index contributed by atoms with van der Waals surface area (Å²) >= 11 is 0. The van der Waals surface area contributed by atoms with Crippen LogP contribution < -0.4 is 15.0 Å². The molecule has 190 valence electrons. The second kappa shape index (κ2) is 9.42. The second-order valence-electron chi connectivity index (χ2n) is 10.0. The number of benzene rings is 1. The van der Waals surface area contributed by atoms with Crippen LogP contribution in [0.2, 0.25) is 0 Å². The molecule has 1 aliphatic heterocycles. The molecule has 2 N–H and O–H groups in total. The van der Waals surface area contributed by atoms with E-state index >= 15 is 0 Å². The molecule has 1 aliphatic carbocycles. The fourth-order valence-electron chi connectivity index (χ4n) is 5.33. The molecule has 2 aromatic heterocycles. The molecule has 10 nitrogen and oxygen atoms in total. The lowest BCUT2D eigenvalue weighted by atomic mass is 9.85. The predicted octanol–water partition coefficient (Wildman–Crippen LogP) is 3.05. The standard InChI is InChI=1S/C26H33N7O3/c1-31(2)25(35)36-18-8-5-7-17(15-18)29-24(34)26(32(3)4)11-13-33(14-12-26)23-21-19-9-6-10-20(19)30-22(21)27-16-28-23/h5,7-8,15-16H,6,9-14H2,1-4H3,(H,29,34)(H,27,28,30). The van der Waals surface area contributed by atoms with Gasteiger partial charge in [-0.25, -0.2) is 14.8 Å². The molecule has 2 amide bonds. The zero-order valence-corrected chi connectivity index (χ0v) is 21.3. The number of anilines is 2. The van der Waals surface area contributed by atoms with Gasteiger partial charge < -0.3 is 24.8 Å². The molecule has 0 saturated carbocycles. The van der Waals surface area contributed by atoms with Crippen molar-refractivity contribution in [3.05, 3.63) is 41.9 Å². The maximum absolute atomic E-state index is 13.6. The Morgan fingerprint density at radius 2 is 1.89 bits per heavy atom. The molecule has 0 atom stereocenters. The molecule has 5 rings (SSSR count). The average molecular weight is 492 g/mol. The minimum atomic E-state index is -0.668. The van der Waals surface area contributed by atoms with Crippen molar-refractivity contribution < 1.29 is 14.3 Å². The van der Waals surface area contributed by atoms with Crippen LogP contribution in [0.1, 0.15) is 30.5 Å². The van der Waals surface area contributed by atoms with Gasteiger partial charge in [0.15, 0.2) is 0 Å². The van der Waals surface area contributed by atoms with Crippen LogP contribution in [0.3, 0.4) is 0 Å². The molecule has 0 radical (unpaired) electrons. The summed E-state index contributed by atoms with van der Waals surface area (Å²) in [6.07, 6.45) is 5.73. The number of hydrogen-bond acceptors (Lipinski definition) is 7. The first-order valence-corrected chi connectivity index (χ1v) is 12.4. The Morgan fingerprint density at radius 1 is 1.11 bits per heavy atom. The monoisotopic (exact) mass is 491 g/mol. The number of rotatable bonds is 5. The van der Waals surface area contributed by atoms with Crippen LogP contribution in [-0.2, 0) is 17.6 Å². The summed E-state index contributed by atoms with van der Waals surface area (Å²) in [7, 11) is 7.15. The third-order valence-electron chi connectivity index (χ3n) is 7.45. The fourth-order valence-corrected chi connectivity index (χ4v) is 5.33. The zero-order valence-electron chi connectivity index (χ0n) is 21.3. The van der Waals surface area contributed by atoms with E-state index in [-0.39, 0.29) is 5.91 Å². The molecule has 0 unspecified atom stereocenters. The Balaban J connectivity index is 1.33. The predicted molar refractivity (Wildman–Crippen MR) is 139 cm³/mol. The Kier molecular flexibility index (Phi) is 6.29. The number of aryl methyl sites for hydroxylation is 2. The molecule has 0 bridgehead atoms. The molecule has 0 spiro atoms. The van der Waals surface area contributed by atoms with Crippen LogP contribution in [0, 0.1) is 0 Å². The van der Waals surface area contributed by atoms with E-state index < -0.39 is 11.6 Å². The highest BCUT2D eigenvalue weighted by Crippen LogP contribution is 2.37. The molecule has 10 heteroatoms. The lowest BCUT2D eigenvalue weighted by Gasteiger charge is -2.45. The topological polar surface area (TPSA) is 107 Å². The summed E-state index contributed by atoms with van der Waals surface area (Å²) in [5.41, 5.74) is 3.45.